The van der Waals surface area contributed by atoms with Crippen molar-refractivity contribution in [1.29, 1.82) is 0 Å². The third kappa shape index (κ3) is 7.54. The summed E-state index contributed by atoms with van der Waals surface area (Å²) in [6, 6.07) is 6.54. The molecule has 156 valence electrons. The lowest BCUT2D eigenvalue weighted by Crippen LogP contribution is -2.45. The maximum absolute atomic E-state index is 12.6. The number of hydrogen-bond acceptors (Lipinski definition) is 5. The smallest absolute Gasteiger partial charge is 0.329 e. The highest BCUT2D eigenvalue weighted by atomic mass is 32.2. The first-order valence-corrected chi connectivity index (χ1v) is 10.9. The lowest BCUT2D eigenvalue weighted by molar-refractivity contribution is -0.156. The Morgan fingerprint density at radius 2 is 1.75 bits per heavy atom. The second kappa shape index (κ2) is 11.1. The van der Waals surface area contributed by atoms with E-state index in [0.717, 1.165) is 5.56 Å². The highest BCUT2D eigenvalue weighted by Crippen LogP contribution is 2.22. The van der Waals surface area contributed by atoms with Crippen molar-refractivity contribution in [2.45, 2.75) is 58.6 Å². The fraction of sp³-hybridized carbons (Fsp3) is 0.571. The summed E-state index contributed by atoms with van der Waals surface area (Å²) >= 11 is 1.57. The van der Waals surface area contributed by atoms with Gasteiger partial charge in [-0.2, -0.15) is 11.8 Å². The molecule has 0 radical (unpaired) electrons. The molecule has 28 heavy (non-hydrogen) atoms. The molecule has 0 aliphatic heterocycles. The number of hydrogen-bond donors (Lipinski definition) is 2. The number of likely N-dealkylation sites (N-methyl/N-ethyl adjacent to an activating group) is 1. The van der Waals surface area contributed by atoms with Gasteiger partial charge in [0.2, 0.25) is 0 Å². The number of carbonyl (C=O) groups is 3. The minimum absolute atomic E-state index is 0.00506. The number of ether oxygens (including phenoxy) is 1. The van der Waals surface area contributed by atoms with E-state index in [1.807, 2.05) is 18.4 Å². The van der Waals surface area contributed by atoms with Crippen molar-refractivity contribution in [2.24, 2.45) is 0 Å². The Morgan fingerprint density at radius 1 is 1.14 bits per heavy atom. The Morgan fingerprint density at radius 3 is 2.25 bits per heavy atom. The molecular weight excluding hydrogens is 376 g/mol. The van der Waals surface area contributed by atoms with Crippen LogP contribution in [-0.4, -0.2) is 48.5 Å². The maximum atomic E-state index is 12.6. The van der Waals surface area contributed by atoms with Gasteiger partial charge < -0.3 is 15.4 Å². The van der Waals surface area contributed by atoms with Crippen LogP contribution in [0, 0.1) is 0 Å². The fourth-order valence-corrected chi connectivity index (χ4v) is 2.95. The van der Waals surface area contributed by atoms with Crippen molar-refractivity contribution >= 4 is 29.5 Å². The molecule has 0 unspecified atom stereocenters. The van der Waals surface area contributed by atoms with Crippen LogP contribution in [-0.2, 0) is 19.7 Å². The van der Waals surface area contributed by atoms with E-state index in [1.165, 1.54) is 6.92 Å². The largest absolute Gasteiger partial charge is 0.451 e. The van der Waals surface area contributed by atoms with Gasteiger partial charge in [0.25, 0.3) is 11.8 Å². The second-order valence-electron chi connectivity index (χ2n) is 7.61. The maximum Gasteiger partial charge on any atom is 0.329 e. The van der Waals surface area contributed by atoms with E-state index in [1.54, 1.807) is 30.8 Å². The highest BCUT2D eigenvalue weighted by molar-refractivity contribution is 7.98. The molecule has 1 aromatic carbocycles. The summed E-state index contributed by atoms with van der Waals surface area (Å²) in [6.07, 6.45) is 1.44. The van der Waals surface area contributed by atoms with Crippen molar-refractivity contribution in [3.8, 4) is 0 Å². The van der Waals surface area contributed by atoms with Crippen LogP contribution in [0.15, 0.2) is 24.3 Å². The molecule has 1 aromatic rings. The average molecular weight is 409 g/mol. The van der Waals surface area contributed by atoms with Crippen molar-refractivity contribution in [2.75, 3.05) is 18.6 Å². The van der Waals surface area contributed by atoms with Gasteiger partial charge in [-0.15, -0.1) is 0 Å². The Kier molecular flexibility index (Phi) is 9.52. The SMILES string of the molecule is CCNC(=O)[C@@H](C)OC(=O)[C@@H](CCSC)NC(=O)c1ccc(C(C)(C)C)cc1. The van der Waals surface area contributed by atoms with Crippen LogP contribution in [0.25, 0.3) is 0 Å². The molecular formula is C21H32N2O4S. The molecule has 0 bridgehead atoms. The van der Waals surface area contributed by atoms with Crippen molar-refractivity contribution in [3.05, 3.63) is 35.4 Å². The quantitative estimate of drug-likeness (QED) is 0.614. The molecule has 0 fully saturated rings. The zero-order chi connectivity index (χ0) is 21.3. The van der Waals surface area contributed by atoms with E-state index >= 15 is 0 Å². The predicted octanol–water partition coefficient (Wildman–Crippen LogP) is 2.90. The van der Waals surface area contributed by atoms with Crippen LogP contribution in [0.1, 0.15) is 57.0 Å². The topological polar surface area (TPSA) is 84.5 Å². The van der Waals surface area contributed by atoms with E-state index < -0.39 is 18.1 Å². The molecule has 6 nitrogen and oxygen atoms in total. The van der Waals surface area contributed by atoms with E-state index in [0.29, 0.717) is 24.3 Å². The monoisotopic (exact) mass is 408 g/mol. The van der Waals surface area contributed by atoms with Crippen molar-refractivity contribution in [1.82, 2.24) is 10.6 Å². The molecule has 0 saturated carbocycles. The van der Waals surface area contributed by atoms with Gasteiger partial charge in [-0.05, 0) is 55.4 Å². The first-order valence-electron chi connectivity index (χ1n) is 9.48. The Bertz CT molecular complexity index is 668. The van der Waals surface area contributed by atoms with Crippen molar-refractivity contribution < 1.29 is 19.1 Å². The van der Waals surface area contributed by atoms with Crippen molar-refractivity contribution in [3.63, 3.8) is 0 Å². The van der Waals surface area contributed by atoms with Gasteiger partial charge in [0.05, 0.1) is 0 Å². The minimum atomic E-state index is -0.910. The predicted molar refractivity (Wildman–Crippen MR) is 114 cm³/mol. The zero-order valence-electron chi connectivity index (χ0n) is 17.6. The van der Waals surface area contributed by atoms with Crippen LogP contribution in [0.3, 0.4) is 0 Å². The Labute approximate surface area is 172 Å². The van der Waals surface area contributed by atoms with Crippen LogP contribution in [0.4, 0.5) is 0 Å². The summed E-state index contributed by atoms with van der Waals surface area (Å²) in [6.45, 7) is 10.1. The molecule has 0 saturated heterocycles. The molecule has 0 aliphatic carbocycles. The molecule has 0 aliphatic rings. The zero-order valence-corrected chi connectivity index (χ0v) is 18.4. The molecule has 2 amide bonds. The third-order valence-corrected chi connectivity index (χ3v) is 4.87. The molecule has 0 heterocycles. The summed E-state index contributed by atoms with van der Waals surface area (Å²) in [5.41, 5.74) is 1.60. The van der Waals surface area contributed by atoms with E-state index in [2.05, 4.69) is 31.4 Å². The molecule has 0 aromatic heterocycles. The van der Waals surface area contributed by atoms with Gasteiger partial charge >= 0.3 is 5.97 Å². The molecule has 0 spiro atoms. The van der Waals surface area contributed by atoms with E-state index in [4.69, 9.17) is 4.74 Å². The fourth-order valence-electron chi connectivity index (χ4n) is 2.48. The second-order valence-corrected chi connectivity index (χ2v) is 8.59. The number of benzene rings is 1. The van der Waals surface area contributed by atoms with Gasteiger partial charge in [0.15, 0.2) is 6.10 Å². The van der Waals surface area contributed by atoms with Crippen LogP contribution < -0.4 is 10.6 Å². The summed E-state index contributed by atoms with van der Waals surface area (Å²) in [5.74, 6) is -0.622. The number of nitrogens with one attached hydrogen (secondary N) is 2. The standard InChI is InChI=1S/C21H32N2O4S/c1-7-22-18(24)14(2)27-20(26)17(12-13-28-6)23-19(25)15-8-10-16(11-9-15)21(3,4)5/h8-11,14,17H,7,12-13H2,1-6H3,(H,22,24)(H,23,25)/t14-,17-/m1/s1. The van der Waals surface area contributed by atoms with E-state index in [-0.39, 0.29) is 17.2 Å². The summed E-state index contributed by atoms with van der Waals surface area (Å²) in [4.78, 5) is 36.9. The van der Waals surface area contributed by atoms with Gasteiger partial charge in [0, 0.05) is 12.1 Å². The van der Waals surface area contributed by atoms with Crippen LogP contribution >= 0.6 is 11.8 Å². The Balaban J connectivity index is 2.82. The normalized spacial score (nSPS) is 13.4. The minimum Gasteiger partial charge on any atom is -0.451 e. The first-order chi connectivity index (χ1) is 13.1. The van der Waals surface area contributed by atoms with Crippen LogP contribution in [0.2, 0.25) is 0 Å². The number of amides is 2. The number of thioether (sulfide) groups is 1. The number of carbonyl (C=O) groups excluding carboxylic acids is 3. The molecule has 7 heteroatoms. The highest BCUT2D eigenvalue weighted by Gasteiger charge is 2.26. The summed E-state index contributed by atoms with van der Waals surface area (Å²) in [5, 5.41) is 5.35. The van der Waals surface area contributed by atoms with Gasteiger partial charge in [-0.3, -0.25) is 9.59 Å². The molecule has 1 rings (SSSR count). The lowest BCUT2D eigenvalue weighted by Gasteiger charge is -2.21. The van der Waals surface area contributed by atoms with Crippen LogP contribution in [0.5, 0.6) is 0 Å². The van der Waals surface area contributed by atoms with E-state index in [9.17, 15) is 14.4 Å². The van der Waals surface area contributed by atoms with Gasteiger partial charge in [-0.25, -0.2) is 4.79 Å². The molecule has 2 N–H and O–H groups in total. The summed E-state index contributed by atoms with van der Waals surface area (Å²) < 4.78 is 5.25. The van der Waals surface area contributed by atoms with Gasteiger partial charge in [0.1, 0.15) is 6.04 Å². The number of esters is 1. The summed E-state index contributed by atoms with van der Waals surface area (Å²) in [7, 11) is 0. The average Bonchev–Trinajstić information content (AvgIpc) is 2.64. The Hall–Kier alpha value is -2.02. The third-order valence-electron chi connectivity index (χ3n) is 4.23. The lowest BCUT2D eigenvalue weighted by atomic mass is 9.86. The molecule has 2 atom stereocenters. The van der Waals surface area contributed by atoms with Gasteiger partial charge in [-0.1, -0.05) is 32.9 Å². The number of rotatable bonds is 9. The first kappa shape index (κ1) is 24.0.